The molecule has 0 saturated carbocycles. The molecule has 108 valence electrons. The zero-order valence-electron chi connectivity index (χ0n) is 11.6. The largest absolute Gasteiger partial charge is 0.394 e. The molecule has 20 heavy (non-hydrogen) atoms. The third-order valence-electron chi connectivity index (χ3n) is 3.13. The highest BCUT2D eigenvalue weighted by molar-refractivity contribution is 5.39. The predicted octanol–water partition coefficient (Wildman–Crippen LogP) is 2.45. The van der Waals surface area contributed by atoms with Crippen molar-refractivity contribution >= 4 is 5.69 Å². The van der Waals surface area contributed by atoms with Crippen molar-refractivity contribution in [3.8, 4) is 0 Å². The van der Waals surface area contributed by atoms with Gasteiger partial charge in [0, 0.05) is 12.2 Å². The van der Waals surface area contributed by atoms with Gasteiger partial charge < -0.3 is 10.4 Å². The van der Waals surface area contributed by atoms with Crippen LogP contribution in [0.25, 0.3) is 0 Å². The van der Waals surface area contributed by atoms with Crippen molar-refractivity contribution < 1.29 is 9.50 Å². The number of hydrogen-bond acceptors (Lipinski definition) is 3. The standard InChI is InChI=1S/C15H20FN3O/c1-12(5-6-13-3-2-4-14(16)9-13)18-15-10-17-19(11-15)7-8-20/h2-4,9-12,18,20H,5-8H2,1H3. The Morgan fingerprint density at radius 3 is 3.05 bits per heavy atom. The van der Waals surface area contributed by atoms with E-state index in [2.05, 4.69) is 17.3 Å². The summed E-state index contributed by atoms with van der Waals surface area (Å²) in [4.78, 5) is 0. The molecule has 4 nitrogen and oxygen atoms in total. The zero-order chi connectivity index (χ0) is 14.4. The molecular weight excluding hydrogens is 257 g/mol. The van der Waals surface area contributed by atoms with E-state index in [1.807, 2.05) is 12.3 Å². The summed E-state index contributed by atoms with van der Waals surface area (Å²) < 4.78 is 14.8. The second kappa shape index (κ2) is 7.05. The summed E-state index contributed by atoms with van der Waals surface area (Å²) in [5.74, 6) is -0.187. The van der Waals surface area contributed by atoms with Gasteiger partial charge in [-0.15, -0.1) is 0 Å². The molecule has 1 heterocycles. The Labute approximate surface area is 118 Å². The molecule has 0 saturated heterocycles. The molecule has 2 N–H and O–H groups in total. The van der Waals surface area contributed by atoms with Gasteiger partial charge in [-0.1, -0.05) is 12.1 Å². The lowest BCUT2D eigenvalue weighted by atomic mass is 10.1. The van der Waals surface area contributed by atoms with Gasteiger partial charge >= 0.3 is 0 Å². The fourth-order valence-electron chi connectivity index (χ4n) is 2.10. The predicted molar refractivity (Wildman–Crippen MR) is 77.1 cm³/mol. The van der Waals surface area contributed by atoms with E-state index in [-0.39, 0.29) is 18.5 Å². The van der Waals surface area contributed by atoms with E-state index in [9.17, 15) is 4.39 Å². The van der Waals surface area contributed by atoms with Crippen LogP contribution in [0.1, 0.15) is 18.9 Å². The summed E-state index contributed by atoms with van der Waals surface area (Å²) in [6.07, 6.45) is 5.36. The number of benzene rings is 1. The van der Waals surface area contributed by atoms with Crippen molar-refractivity contribution in [1.82, 2.24) is 9.78 Å². The van der Waals surface area contributed by atoms with E-state index in [1.165, 1.54) is 6.07 Å². The maximum absolute atomic E-state index is 13.1. The molecule has 0 aliphatic carbocycles. The minimum absolute atomic E-state index is 0.0796. The number of nitrogens with one attached hydrogen (secondary N) is 1. The van der Waals surface area contributed by atoms with Crippen LogP contribution in [0.15, 0.2) is 36.7 Å². The lowest BCUT2D eigenvalue weighted by Crippen LogP contribution is -2.15. The molecule has 0 fully saturated rings. The smallest absolute Gasteiger partial charge is 0.123 e. The molecule has 1 aromatic heterocycles. The summed E-state index contributed by atoms with van der Waals surface area (Å²) in [6.45, 7) is 2.66. The van der Waals surface area contributed by atoms with Crippen LogP contribution in [0.2, 0.25) is 0 Å². The Kier molecular flexibility index (Phi) is 5.12. The highest BCUT2D eigenvalue weighted by Gasteiger charge is 2.05. The summed E-state index contributed by atoms with van der Waals surface area (Å²) >= 11 is 0. The lowest BCUT2D eigenvalue weighted by Gasteiger charge is -2.13. The topological polar surface area (TPSA) is 50.1 Å². The SMILES string of the molecule is CC(CCc1cccc(F)c1)Nc1cnn(CCO)c1. The van der Waals surface area contributed by atoms with Crippen LogP contribution in [0.3, 0.4) is 0 Å². The Morgan fingerprint density at radius 1 is 1.45 bits per heavy atom. The summed E-state index contributed by atoms with van der Waals surface area (Å²) in [6, 6.07) is 6.98. The van der Waals surface area contributed by atoms with Crippen LogP contribution in [0.5, 0.6) is 0 Å². The number of aryl methyl sites for hydroxylation is 1. The van der Waals surface area contributed by atoms with Crippen LogP contribution < -0.4 is 5.32 Å². The number of nitrogens with zero attached hydrogens (tertiary/aromatic N) is 2. The second-order valence-corrected chi connectivity index (χ2v) is 4.93. The van der Waals surface area contributed by atoms with Crippen LogP contribution in [-0.4, -0.2) is 27.5 Å². The molecule has 0 aliphatic rings. The number of hydrogen-bond donors (Lipinski definition) is 2. The average Bonchev–Trinajstić information content (AvgIpc) is 2.84. The van der Waals surface area contributed by atoms with E-state index in [0.717, 1.165) is 24.1 Å². The van der Waals surface area contributed by atoms with Gasteiger partial charge in [-0.05, 0) is 37.5 Å². The second-order valence-electron chi connectivity index (χ2n) is 4.93. The van der Waals surface area contributed by atoms with Gasteiger partial charge in [0.05, 0.1) is 25.0 Å². The monoisotopic (exact) mass is 277 g/mol. The van der Waals surface area contributed by atoms with Gasteiger partial charge in [-0.3, -0.25) is 4.68 Å². The minimum Gasteiger partial charge on any atom is -0.394 e. The lowest BCUT2D eigenvalue weighted by molar-refractivity contribution is 0.269. The summed E-state index contributed by atoms with van der Waals surface area (Å²) in [7, 11) is 0. The number of halogens is 1. The first-order valence-electron chi connectivity index (χ1n) is 6.81. The van der Waals surface area contributed by atoms with Gasteiger partial charge in [0.15, 0.2) is 0 Å². The maximum atomic E-state index is 13.1. The first-order chi connectivity index (χ1) is 9.67. The molecule has 2 rings (SSSR count). The number of aliphatic hydroxyl groups is 1. The molecule has 0 amide bonds. The molecule has 5 heteroatoms. The highest BCUT2D eigenvalue weighted by Crippen LogP contribution is 2.12. The van der Waals surface area contributed by atoms with Crippen molar-refractivity contribution in [3.05, 3.63) is 48.0 Å². The molecule has 0 radical (unpaired) electrons. The first-order valence-corrected chi connectivity index (χ1v) is 6.81. The van der Waals surface area contributed by atoms with Crippen LogP contribution in [-0.2, 0) is 13.0 Å². The molecule has 2 aromatic rings. The fraction of sp³-hybridized carbons (Fsp3) is 0.400. The minimum atomic E-state index is -0.187. The Bertz CT molecular complexity index is 541. The Hall–Kier alpha value is -1.88. The number of rotatable bonds is 7. The van der Waals surface area contributed by atoms with Crippen molar-refractivity contribution in [1.29, 1.82) is 0 Å². The van der Waals surface area contributed by atoms with Crippen molar-refractivity contribution in [3.63, 3.8) is 0 Å². The quantitative estimate of drug-likeness (QED) is 0.817. The van der Waals surface area contributed by atoms with Crippen molar-refractivity contribution in [2.75, 3.05) is 11.9 Å². The maximum Gasteiger partial charge on any atom is 0.123 e. The summed E-state index contributed by atoms with van der Waals surface area (Å²) in [5, 5.41) is 16.3. The van der Waals surface area contributed by atoms with Crippen molar-refractivity contribution in [2.24, 2.45) is 0 Å². The molecule has 1 atom stereocenters. The number of aliphatic hydroxyl groups excluding tert-OH is 1. The van der Waals surface area contributed by atoms with Crippen LogP contribution >= 0.6 is 0 Å². The number of anilines is 1. The van der Waals surface area contributed by atoms with E-state index in [0.29, 0.717) is 6.54 Å². The Balaban J connectivity index is 1.81. The third kappa shape index (κ3) is 4.35. The molecule has 0 spiro atoms. The van der Waals surface area contributed by atoms with E-state index < -0.39 is 0 Å². The van der Waals surface area contributed by atoms with Gasteiger partial charge in [-0.2, -0.15) is 5.10 Å². The van der Waals surface area contributed by atoms with Gasteiger partial charge in [0.25, 0.3) is 0 Å². The van der Waals surface area contributed by atoms with E-state index >= 15 is 0 Å². The zero-order valence-corrected chi connectivity index (χ0v) is 11.6. The third-order valence-corrected chi connectivity index (χ3v) is 3.13. The van der Waals surface area contributed by atoms with E-state index in [1.54, 1.807) is 23.0 Å². The summed E-state index contributed by atoms with van der Waals surface area (Å²) in [5.41, 5.74) is 1.94. The van der Waals surface area contributed by atoms with Crippen LogP contribution in [0.4, 0.5) is 10.1 Å². The van der Waals surface area contributed by atoms with Gasteiger partial charge in [-0.25, -0.2) is 4.39 Å². The number of aromatic nitrogens is 2. The van der Waals surface area contributed by atoms with E-state index in [4.69, 9.17) is 5.11 Å². The first kappa shape index (κ1) is 14.5. The van der Waals surface area contributed by atoms with Crippen molar-refractivity contribution in [2.45, 2.75) is 32.4 Å². The van der Waals surface area contributed by atoms with Crippen LogP contribution in [0, 0.1) is 5.82 Å². The normalized spacial score (nSPS) is 12.3. The molecule has 0 aliphatic heterocycles. The molecule has 1 aromatic carbocycles. The average molecular weight is 277 g/mol. The molecule has 1 unspecified atom stereocenters. The van der Waals surface area contributed by atoms with Gasteiger partial charge in [0.1, 0.15) is 5.82 Å². The molecule has 0 bridgehead atoms. The Morgan fingerprint density at radius 2 is 2.30 bits per heavy atom. The fourth-order valence-corrected chi connectivity index (χ4v) is 2.10. The highest BCUT2D eigenvalue weighted by atomic mass is 19.1. The van der Waals surface area contributed by atoms with Gasteiger partial charge in [0.2, 0.25) is 0 Å². The molecular formula is C15H20FN3O.